The SMILES string of the molecule is CC1(C)O[C@@H]2COC(C)(C)O[C@]2(C)[C@H]([C@H](O)CS(=O)c2ccccc2)O1. The first-order valence-electron chi connectivity index (χ1n) is 8.84. The summed E-state index contributed by atoms with van der Waals surface area (Å²) in [5.41, 5.74) is -0.919. The first-order valence-corrected chi connectivity index (χ1v) is 10.2. The Bertz CT molecular complexity index is 661. The summed E-state index contributed by atoms with van der Waals surface area (Å²) >= 11 is 0. The maximum Gasteiger partial charge on any atom is 0.164 e. The molecule has 1 unspecified atom stereocenters. The lowest BCUT2D eigenvalue weighted by atomic mass is 9.85. The van der Waals surface area contributed by atoms with Gasteiger partial charge in [-0.2, -0.15) is 0 Å². The predicted molar refractivity (Wildman–Crippen MR) is 97.1 cm³/mol. The molecule has 5 atom stereocenters. The fourth-order valence-electron chi connectivity index (χ4n) is 3.62. The lowest BCUT2D eigenvalue weighted by Crippen LogP contribution is -2.71. The average molecular weight is 384 g/mol. The molecule has 2 fully saturated rings. The summed E-state index contributed by atoms with van der Waals surface area (Å²) in [5, 5.41) is 10.9. The number of aliphatic hydroxyl groups is 1. The molecule has 0 aliphatic carbocycles. The summed E-state index contributed by atoms with van der Waals surface area (Å²) in [6, 6.07) is 9.10. The number of hydrogen-bond donors (Lipinski definition) is 1. The van der Waals surface area contributed by atoms with Gasteiger partial charge in [0.05, 0.1) is 29.3 Å². The van der Waals surface area contributed by atoms with Crippen LogP contribution in [0, 0.1) is 0 Å². The molecule has 2 aliphatic rings. The summed E-state index contributed by atoms with van der Waals surface area (Å²) < 4.78 is 36.6. The van der Waals surface area contributed by atoms with E-state index in [0.717, 1.165) is 0 Å². The molecule has 2 aliphatic heterocycles. The maximum absolute atomic E-state index is 12.6. The number of rotatable bonds is 4. The second-order valence-electron chi connectivity index (χ2n) is 7.93. The van der Waals surface area contributed by atoms with Crippen molar-refractivity contribution in [1.29, 1.82) is 0 Å². The summed E-state index contributed by atoms with van der Waals surface area (Å²) in [6.45, 7) is 9.41. The van der Waals surface area contributed by atoms with Crippen LogP contribution in [0.4, 0.5) is 0 Å². The third-order valence-electron chi connectivity index (χ3n) is 4.77. The first-order chi connectivity index (χ1) is 12.0. The van der Waals surface area contributed by atoms with Gasteiger partial charge in [-0.1, -0.05) is 18.2 Å². The van der Waals surface area contributed by atoms with Gasteiger partial charge in [0.15, 0.2) is 11.6 Å². The van der Waals surface area contributed by atoms with E-state index in [2.05, 4.69) is 0 Å². The summed E-state index contributed by atoms with van der Waals surface area (Å²) in [7, 11) is -1.35. The molecular formula is C19H28O6S. The molecule has 2 heterocycles. The molecule has 146 valence electrons. The van der Waals surface area contributed by atoms with Crippen molar-refractivity contribution in [2.24, 2.45) is 0 Å². The number of fused-ring (bicyclic) bond motifs is 1. The number of hydrogen-bond acceptors (Lipinski definition) is 6. The fraction of sp³-hybridized carbons (Fsp3) is 0.684. The van der Waals surface area contributed by atoms with Gasteiger partial charge in [0.2, 0.25) is 0 Å². The third-order valence-corrected chi connectivity index (χ3v) is 6.21. The second-order valence-corrected chi connectivity index (χ2v) is 9.43. The largest absolute Gasteiger partial charge is 0.389 e. The van der Waals surface area contributed by atoms with E-state index in [0.29, 0.717) is 11.5 Å². The quantitative estimate of drug-likeness (QED) is 0.858. The molecule has 7 heteroatoms. The van der Waals surface area contributed by atoms with Crippen LogP contribution in [0.15, 0.2) is 35.2 Å². The highest BCUT2D eigenvalue weighted by atomic mass is 32.2. The number of ether oxygens (including phenoxy) is 4. The van der Waals surface area contributed by atoms with Crippen molar-refractivity contribution >= 4 is 10.8 Å². The number of aliphatic hydroxyl groups excluding tert-OH is 1. The van der Waals surface area contributed by atoms with Crippen LogP contribution in [0.3, 0.4) is 0 Å². The molecule has 0 radical (unpaired) electrons. The highest BCUT2D eigenvalue weighted by Crippen LogP contribution is 2.43. The van der Waals surface area contributed by atoms with Gasteiger partial charge >= 0.3 is 0 Å². The molecule has 2 saturated heterocycles. The Balaban J connectivity index is 1.83. The average Bonchev–Trinajstić information content (AvgIpc) is 2.55. The van der Waals surface area contributed by atoms with E-state index in [9.17, 15) is 9.32 Å². The maximum atomic E-state index is 12.6. The highest BCUT2D eigenvalue weighted by molar-refractivity contribution is 7.85. The highest BCUT2D eigenvalue weighted by Gasteiger charge is 2.59. The molecule has 0 aromatic heterocycles. The van der Waals surface area contributed by atoms with Gasteiger partial charge in [-0.05, 0) is 46.8 Å². The van der Waals surface area contributed by atoms with Crippen LogP contribution >= 0.6 is 0 Å². The summed E-state index contributed by atoms with van der Waals surface area (Å²) in [5.74, 6) is -1.67. The van der Waals surface area contributed by atoms with Crippen LogP contribution < -0.4 is 0 Å². The van der Waals surface area contributed by atoms with E-state index in [1.54, 1.807) is 26.0 Å². The van der Waals surface area contributed by atoms with Crippen molar-refractivity contribution in [2.45, 2.75) is 75.0 Å². The van der Waals surface area contributed by atoms with E-state index in [-0.39, 0.29) is 5.75 Å². The normalized spacial score (nSPS) is 35.3. The van der Waals surface area contributed by atoms with Crippen LogP contribution in [0.5, 0.6) is 0 Å². The van der Waals surface area contributed by atoms with Crippen molar-refractivity contribution in [3.8, 4) is 0 Å². The minimum Gasteiger partial charge on any atom is -0.389 e. The van der Waals surface area contributed by atoms with Crippen LogP contribution in [0.2, 0.25) is 0 Å². The molecule has 26 heavy (non-hydrogen) atoms. The van der Waals surface area contributed by atoms with E-state index >= 15 is 0 Å². The molecule has 3 rings (SSSR count). The van der Waals surface area contributed by atoms with E-state index in [1.165, 1.54) is 0 Å². The Hall–Kier alpha value is -0.830. The van der Waals surface area contributed by atoms with Gasteiger partial charge in [-0.25, -0.2) is 0 Å². The Morgan fingerprint density at radius 2 is 1.77 bits per heavy atom. The van der Waals surface area contributed by atoms with Crippen molar-refractivity contribution < 1.29 is 28.3 Å². The van der Waals surface area contributed by atoms with Gasteiger partial charge < -0.3 is 24.1 Å². The predicted octanol–water partition coefficient (Wildman–Crippen LogP) is 2.22. The van der Waals surface area contributed by atoms with Crippen molar-refractivity contribution in [3.05, 3.63) is 30.3 Å². The van der Waals surface area contributed by atoms with Crippen LogP contribution in [-0.2, 0) is 29.7 Å². The molecule has 6 nitrogen and oxygen atoms in total. The molecule has 1 aromatic rings. The van der Waals surface area contributed by atoms with E-state index < -0.39 is 46.3 Å². The van der Waals surface area contributed by atoms with Crippen LogP contribution in [-0.4, -0.2) is 57.2 Å². The van der Waals surface area contributed by atoms with Crippen LogP contribution in [0.1, 0.15) is 34.6 Å². The standard InChI is InChI=1S/C19H28O6S/c1-17(2)22-11-15-19(5,25-17)16(24-18(3,4)23-15)14(20)12-26(21)13-9-7-6-8-10-13/h6-10,14-16,20H,11-12H2,1-5H3/t14-,15-,16+,19+,26?/m1/s1. The Morgan fingerprint density at radius 3 is 2.42 bits per heavy atom. The van der Waals surface area contributed by atoms with Crippen molar-refractivity contribution in [1.82, 2.24) is 0 Å². The van der Waals surface area contributed by atoms with Gasteiger partial charge in [-0.3, -0.25) is 4.21 Å². The Kier molecular flexibility index (Phi) is 5.33. The van der Waals surface area contributed by atoms with Gasteiger partial charge in [0.25, 0.3) is 0 Å². The topological polar surface area (TPSA) is 74.2 Å². The van der Waals surface area contributed by atoms with E-state index in [1.807, 2.05) is 39.0 Å². The first kappa shape index (κ1) is 19.9. The van der Waals surface area contributed by atoms with Crippen LogP contribution in [0.25, 0.3) is 0 Å². The molecule has 1 N–H and O–H groups in total. The zero-order valence-electron chi connectivity index (χ0n) is 15.9. The number of benzene rings is 1. The summed E-state index contributed by atoms with van der Waals surface area (Å²) in [4.78, 5) is 0.674. The van der Waals surface area contributed by atoms with Gasteiger partial charge in [-0.15, -0.1) is 0 Å². The zero-order chi connectivity index (χ0) is 19.2. The molecular weight excluding hydrogens is 356 g/mol. The second kappa shape index (κ2) is 6.96. The lowest BCUT2D eigenvalue weighted by Gasteiger charge is -2.57. The minimum absolute atomic E-state index is 0.0533. The molecule has 0 spiro atoms. The minimum atomic E-state index is -1.35. The van der Waals surface area contributed by atoms with E-state index in [4.69, 9.17) is 18.9 Å². The molecule has 0 bridgehead atoms. The van der Waals surface area contributed by atoms with Gasteiger partial charge in [0, 0.05) is 4.90 Å². The van der Waals surface area contributed by atoms with Gasteiger partial charge in [0.1, 0.15) is 17.8 Å². The third kappa shape index (κ3) is 4.03. The summed E-state index contributed by atoms with van der Waals surface area (Å²) in [6.07, 6.45) is -2.09. The van der Waals surface area contributed by atoms with Crippen molar-refractivity contribution in [3.63, 3.8) is 0 Å². The zero-order valence-corrected chi connectivity index (χ0v) is 16.7. The Labute approximate surface area is 157 Å². The molecule has 1 aromatic carbocycles. The smallest absolute Gasteiger partial charge is 0.164 e. The fourth-order valence-corrected chi connectivity index (χ4v) is 4.76. The lowest BCUT2D eigenvalue weighted by molar-refractivity contribution is -0.443. The molecule has 0 amide bonds. The van der Waals surface area contributed by atoms with Crippen molar-refractivity contribution in [2.75, 3.05) is 12.4 Å². The Morgan fingerprint density at radius 1 is 1.12 bits per heavy atom. The monoisotopic (exact) mass is 384 g/mol. The molecule has 0 saturated carbocycles.